The van der Waals surface area contributed by atoms with Crippen molar-refractivity contribution in [3.63, 3.8) is 0 Å². The van der Waals surface area contributed by atoms with Gasteiger partial charge in [-0.2, -0.15) is 0 Å². The molecule has 3 N–H and O–H groups in total. The van der Waals surface area contributed by atoms with E-state index in [1.165, 1.54) is 5.56 Å². The summed E-state index contributed by atoms with van der Waals surface area (Å²) in [6, 6.07) is 10.1. The molecular weight excluding hydrogens is 469 g/mol. The molecule has 158 valence electrons. The van der Waals surface area contributed by atoms with Crippen molar-refractivity contribution in [2.45, 2.75) is 19.8 Å². The summed E-state index contributed by atoms with van der Waals surface area (Å²) in [7, 11) is 0. The van der Waals surface area contributed by atoms with Gasteiger partial charge in [0, 0.05) is 32.7 Å². The fourth-order valence-electron chi connectivity index (χ4n) is 2.87. The fourth-order valence-corrected chi connectivity index (χ4v) is 2.87. The zero-order valence-electron chi connectivity index (χ0n) is 16.8. The Morgan fingerprint density at radius 1 is 1.11 bits per heavy atom. The lowest BCUT2D eigenvalue weighted by Gasteiger charge is -2.26. The first kappa shape index (κ1) is 24.6. The summed E-state index contributed by atoms with van der Waals surface area (Å²) in [5.74, 6) is 0.633. The number of ether oxygens (including phenoxy) is 1. The van der Waals surface area contributed by atoms with Crippen LogP contribution in [0.25, 0.3) is 0 Å². The standard InChI is InChI=1S/C20H33N5O2.HI/c1-2-21-20(23-10-6-12-25-13-15-27-16-14-25)24-17-19(26)22-11-9-18-7-4-3-5-8-18;/h3-5,7-8H,2,6,9-17H2,1H3,(H,22,26)(H2,21,23,24);1H. The van der Waals surface area contributed by atoms with Crippen LogP contribution in [0, 0.1) is 0 Å². The highest BCUT2D eigenvalue weighted by Gasteiger charge is 2.09. The molecule has 0 aromatic heterocycles. The topological polar surface area (TPSA) is 78.0 Å². The lowest BCUT2D eigenvalue weighted by atomic mass is 10.1. The number of nitrogens with zero attached hydrogens (tertiary/aromatic N) is 2. The van der Waals surface area contributed by atoms with E-state index in [0.717, 1.165) is 58.8 Å². The van der Waals surface area contributed by atoms with Gasteiger partial charge in [-0.3, -0.25) is 9.69 Å². The van der Waals surface area contributed by atoms with Gasteiger partial charge in [-0.05, 0) is 31.9 Å². The van der Waals surface area contributed by atoms with Crippen molar-refractivity contribution < 1.29 is 9.53 Å². The summed E-state index contributed by atoms with van der Waals surface area (Å²) in [5.41, 5.74) is 1.22. The molecule has 0 aliphatic carbocycles. The second-order valence-electron chi connectivity index (χ2n) is 6.52. The van der Waals surface area contributed by atoms with Gasteiger partial charge < -0.3 is 20.7 Å². The van der Waals surface area contributed by atoms with Crippen LogP contribution in [0.3, 0.4) is 0 Å². The van der Waals surface area contributed by atoms with Crippen molar-refractivity contribution in [3.8, 4) is 0 Å². The summed E-state index contributed by atoms with van der Waals surface area (Å²) >= 11 is 0. The van der Waals surface area contributed by atoms with Gasteiger partial charge in [0.2, 0.25) is 5.91 Å². The van der Waals surface area contributed by atoms with Crippen LogP contribution >= 0.6 is 24.0 Å². The van der Waals surface area contributed by atoms with E-state index in [0.29, 0.717) is 12.5 Å². The molecule has 0 unspecified atom stereocenters. The van der Waals surface area contributed by atoms with Crippen LogP contribution < -0.4 is 16.0 Å². The summed E-state index contributed by atoms with van der Waals surface area (Å²) in [4.78, 5) is 18.8. The molecule has 1 fully saturated rings. The molecule has 0 saturated carbocycles. The van der Waals surface area contributed by atoms with E-state index in [9.17, 15) is 4.79 Å². The zero-order valence-corrected chi connectivity index (χ0v) is 19.1. The van der Waals surface area contributed by atoms with Crippen LogP contribution in [0.15, 0.2) is 35.3 Å². The Morgan fingerprint density at radius 3 is 2.57 bits per heavy atom. The molecule has 1 aliphatic heterocycles. The average Bonchev–Trinajstić information content (AvgIpc) is 2.71. The Morgan fingerprint density at radius 2 is 1.86 bits per heavy atom. The SMILES string of the molecule is CCNC(=NCC(=O)NCCc1ccccc1)NCCCN1CCOCC1.I. The van der Waals surface area contributed by atoms with E-state index in [4.69, 9.17) is 4.74 Å². The van der Waals surface area contributed by atoms with E-state index in [2.05, 4.69) is 38.0 Å². The molecule has 0 atom stereocenters. The smallest absolute Gasteiger partial charge is 0.241 e. The highest BCUT2D eigenvalue weighted by molar-refractivity contribution is 14.0. The molecule has 8 heteroatoms. The molecule has 1 aromatic rings. The Kier molecular flexibility index (Phi) is 13.7. The number of hydrogen-bond acceptors (Lipinski definition) is 4. The van der Waals surface area contributed by atoms with Gasteiger partial charge in [0.15, 0.2) is 5.96 Å². The molecule has 7 nitrogen and oxygen atoms in total. The van der Waals surface area contributed by atoms with Crippen LogP contribution in [0.1, 0.15) is 18.9 Å². The van der Waals surface area contributed by atoms with Gasteiger partial charge >= 0.3 is 0 Å². The number of carbonyl (C=O) groups is 1. The van der Waals surface area contributed by atoms with Gasteiger partial charge in [0.25, 0.3) is 0 Å². The third-order valence-electron chi connectivity index (χ3n) is 4.35. The lowest BCUT2D eigenvalue weighted by Crippen LogP contribution is -2.41. The minimum atomic E-state index is -0.0588. The molecule has 1 aliphatic rings. The van der Waals surface area contributed by atoms with Crippen LogP contribution in [0.4, 0.5) is 0 Å². The summed E-state index contributed by atoms with van der Waals surface area (Å²) in [5, 5.41) is 9.40. The number of guanidine groups is 1. The van der Waals surface area contributed by atoms with Crippen molar-refractivity contribution >= 4 is 35.8 Å². The second-order valence-corrected chi connectivity index (χ2v) is 6.52. The fraction of sp³-hybridized carbons (Fsp3) is 0.600. The first-order chi connectivity index (χ1) is 13.3. The summed E-state index contributed by atoms with van der Waals surface area (Å²) in [6.07, 6.45) is 1.86. The molecule has 1 amide bonds. The number of rotatable bonds is 10. The lowest BCUT2D eigenvalue weighted by molar-refractivity contribution is -0.119. The molecule has 28 heavy (non-hydrogen) atoms. The van der Waals surface area contributed by atoms with Gasteiger partial charge in [0.05, 0.1) is 13.2 Å². The molecule has 0 bridgehead atoms. The maximum absolute atomic E-state index is 12.0. The molecule has 1 aromatic carbocycles. The Bertz CT molecular complexity index is 565. The van der Waals surface area contributed by atoms with Gasteiger partial charge in [0.1, 0.15) is 6.54 Å². The first-order valence-electron chi connectivity index (χ1n) is 9.91. The van der Waals surface area contributed by atoms with Crippen molar-refractivity contribution in [2.75, 3.05) is 59.0 Å². The summed E-state index contributed by atoms with van der Waals surface area (Å²) < 4.78 is 5.36. The zero-order chi connectivity index (χ0) is 19.2. The van der Waals surface area contributed by atoms with Gasteiger partial charge in [-0.25, -0.2) is 4.99 Å². The Balaban J connectivity index is 0.00000392. The number of morpholine rings is 1. The van der Waals surface area contributed by atoms with Crippen molar-refractivity contribution in [3.05, 3.63) is 35.9 Å². The third kappa shape index (κ3) is 10.8. The minimum absolute atomic E-state index is 0. The number of halogens is 1. The number of benzene rings is 1. The van der Waals surface area contributed by atoms with E-state index < -0.39 is 0 Å². The van der Waals surface area contributed by atoms with Crippen molar-refractivity contribution in [1.29, 1.82) is 0 Å². The van der Waals surface area contributed by atoms with Gasteiger partial charge in [-0.15, -0.1) is 24.0 Å². The molecule has 0 spiro atoms. The number of nitrogens with one attached hydrogen (secondary N) is 3. The average molecular weight is 503 g/mol. The number of carbonyl (C=O) groups excluding carboxylic acids is 1. The van der Waals surface area contributed by atoms with E-state index in [-0.39, 0.29) is 36.4 Å². The largest absolute Gasteiger partial charge is 0.379 e. The van der Waals surface area contributed by atoms with Gasteiger partial charge in [-0.1, -0.05) is 30.3 Å². The van der Waals surface area contributed by atoms with Crippen LogP contribution in [0.5, 0.6) is 0 Å². The predicted molar refractivity (Wildman–Crippen MR) is 124 cm³/mol. The Hall–Kier alpha value is -1.39. The Labute approximate surface area is 185 Å². The summed E-state index contributed by atoms with van der Waals surface area (Å²) in [6.45, 7) is 9.11. The molecule has 2 rings (SSSR count). The van der Waals surface area contributed by atoms with Crippen LogP contribution in [-0.4, -0.2) is 75.8 Å². The molecule has 0 radical (unpaired) electrons. The number of amides is 1. The highest BCUT2D eigenvalue weighted by Crippen LogP contribution is 1.98. The maximum atomic E-state index is 12.0. The molecule has 1 saturated heterocycles. The highest BCUT2D eigenvalue weighted by atomic mass is 127. The van der Waals surface area contributed by atoms with Crippen LogP contribution in [0.2, 0.25) is 0 Å². The maximum Gasteiger partial charge on any atom is 0.241 e. The van der Waals surface area contributed by atoms with Crippen molar-refractivity contribution in [2.24, 2.45) is 4.99 Å². The van der Waals surface area contributed by atoms with Crippen molar-refractivity contribution in [1.82, 2.24) is 20.9 Å². The van der Waals surface area contributed by atoms with E-state index >= 15 is 0 Å². The molecular formula is C20H34IN5O2. The molecule has 1 heterocycles. The number of aliphatic imine (C=N–C) groups is 1. The third-order valence-corrected chi connectivity index (χ3v) is 4.35. The normalized spacial score (nSPS) is 14.8. The quantitative estimate of drug-likeness (QED) is 0.194. The second kappa shape index (κ2) is 15.5. The monoisotopic (exact) mass is 503 g/mol. The minimum Gasteiger partial charge on any atom is -0.379 e. The predicted octanol–water partition coefficient (Wildman–Crippen LogP) is 1.24. The van der Waals surface area contributed by atoms with E-state index in [1.807, 2.05) is 25.1 Å². The number of hydrogen-bond donors (Lipinski definition) is 3. The van der Waals surface area contributed by atoms with Crippen LogP contribution in [-0.2, 0) is 16.0 Å². The first-order valence-corrected chi connectivity index (χ1v) is 9.91. The van der Waals surface area contributed by atoms with E-state index in [1.54, 1.807) is 0 Å².